The molecule has 0 unspecified atom stereocenters. The summed E-state index contributed by atoms with van der Waals surface area (Å²) < 4.78 is 10.9. The van der Waals surface area contributed by atoms with Gasteiger partial charge in [0.05, 0.1) is 6.10 Å². The average molecular weight is 294 g/mol. The van der Waals surface area contributed by atoms with Gasteiger partial charge in [-0.25, -0.2) is 4.79 Å². The van der Waals surface area contributed by atoms with Crippen molar-refractivity contribution in [2.75, 3.05) is 0 Å². The molecule has 0 bridgehead atoms. The van der Waals surface area contributed by atoms with Gasteiger partial charge in [0.25, 0.3) is 0 Å². The van der Waals surface area contributed by atoms with Crippen molar-refractivity contribution < 1.29 is 24.2 Å². The Morgan fingerprint density at radius 2 is 2.19 bits per heavy atom. The van der Waals surface area contributed by atoms with Crippen molar-refractivity contribution in [2.24, 2.45) is 11.3 Å². The Morgan fingerprint density at radius 1 is 1.48 bits per heavy atom. The summed E-state index contributed by atoms with van der Waals surface area (Å²) in [6.45, 7) is 6.17. The third-order valence-corrected chi connectivity index (χ3v) is 5.81. The molecule has 1 spiro atoms. The maximum absolute atomic E-state index is 12.2. The van der Waals surface area contributed by atoms with Crippen LogP contribution < -0.4 is 0 Å². The second-order valence-corrected chi connectivity index (χ2v) is 6.88. The molecule has 2 aliphatic carbocycles. The van der Waals surface area contributed by atoms with Crippen LogP contribution in [0.4, 0.5) is 4.79 Å². The molecule has 0 aromatic rings. The van der Waals surface area contributed by atoms with Crippen LogP contribution in [0.3, 0.4) is 0 Å². The van der Waals surface area contributed by atoms with Gasteiger partial charge in [-0.3, -0.25) is 4.79 Å². The molecule has 21 heavy (non-hydrogen) atoms. The van der Waals surface area contributed by atoms with E-state index in [9.17, 15) is 9.59 Å². The summed E-state index contributed by atoms with van der Waals surface area (Å²) in [6.07, 6.45) is 3.01. The fourth-order valence-corrected chi connectivity index (χ4v) is 4.36. The molecule has 5 nitrogen and oxygen atoms in total. The molecule has 0 aromatic carbocycles. The smallest absolute Gasteiger partial charge is 0.450 e. The predicted molar refractivity (Wildman–Crippen MR) is 75.0 cm³/mol. The Bertz CT molecular complexity index is 525. The molecule has 0 radical (unpaired) electrons. The number of hydrogen-bond acceptors (Lipinski definition) is 4. The van der Waals surface area contributed by atoms with Crippen LogP contribution in [0, 0.1) is 11.3 Å². The van der Waals surface area contributed by atoms with E-state index in [1.54, 1.807) is 6.92 Å². The summed E-state index contributed by atoms with van der Waals surface area (Å²) in [5.41, 5.74) is 0.281. The molecule has 1 aliphatic heterocycles. The second kappa shape index (κ2) is 4.57. The summed E-state index contributed by atoms with van der Waals surface area (Å²) >= 11 is 0. The topological polar surface area (TPSA) is 76.1 Å². The third kappa shape index (κ3) is 2.01. The molecule has 1 heterocycles. The number of Topliss-reactive ketones (excluding diaryl/α,β-unsaturated/α-hetero) is 1. The van der Waals surface area contributed by atoms with Crippen molar-refractivity contribution in [3.05, 3.63) is 11.6 Å². The van der Waals surface area contributed by atoms with Gasteiger partial charge in [-0.15, -0.1) is 0 Å². The van der Waals surface area contributed by atoms with E-state index in [2.05, 4.69) is 13.8 Å². The lowest BCUT2D eigenvalue weighted by atomic mass is 9.58. The lowest BCUT2D eigenvalue weighted by Gasteiger charge is -2.44. The quantitative estimate of drug-likeness (QED) is 0.457. The van der Waals surface area contributed by atoms with Crippen molar-refractivity contribution >= 4 is 11.9 Å². The minimum Gasteiger partial charge on any atom is -0.450 e. The number of rotatable bonds is 1. The number of hydrogen-bond donors (Lipinski definition) is 1. The van der Waals surface area contributed by atoms with Crippen LogP contribution in [-0.2, 0) is 14.3 Å². The van der Waals surface area contributed by atoms with Gasteiger partial charge in [-0.2, -0.15) is 0 Å². The fourth-order valence-electron chi connectivity index (χ4n) is 4.36. The van der Waals surface area contributed by atoms with Crippen LogP contribution >= 0.6 is 0 Å². The fraction of sp³-hybridized carbons (Fsp3) is 0.750. The monoisotopic (exact) mass is 294 g/mol. The molecule has 0 amide bonds. The molecule has 0 aromatic heterocycles. The van der Waals surface area contributed by atoms with Crippen molar-refractivity contribution in [3.8, 4) is 0 Å². The van der Waals surface area contributed by atoms with Crippen molar-refractivity contribution in [2.45, 2.75) is 64.3 Å². The molecular weight excluding hydrogens is 272 g/mol. The van der Waals surface area contributed by atoms with Crippen LogP contribution in [0.5, 0.6) is 0 Å². The van der Waals surface area contributed by atoms with Gasteiger partial charge in [0.15, 0.2) is 11.9 Å². The third-order valence-electron chi connectivity index (χ3n) is 5.81. The Morgan fingerprint density at radius 3 is 2.86 bits per heavy atom. The number of carbonyl (C=O) groups excluding carboxylic acids is 1. The van der Waals surface area contributed by atoms with Gasteiger partial charge in [0, 0.05) is 11.8 Å². The first kappa shape index (κ1) is 14.6. The lowest BCUT2D eigenvalue weighted by molar-refractivity contribution is -0.127. The van der Waals surface area contributed by atoms with Gasteiger partial charge < -0.3 is 14.6 Å². The van der Waals surface area contributed by atoms with E-state index in [1.165, 1.54) is 0 Å². The maximum atomic E-state index is 12.2. The number of ether oxygens (including phenoxy) is 2. The van der Waals surface area contributed by atoms with Crippen LogP contribution in [-0.4, -0.2) is 34.9 Å². The first-order valence-electron chi connectivity index (χ1n) is 7.59. The zero-order valence-corrected chi connectivity index (χ0v) is 12.7. The SMILES string of the molecule is C/C1=C/[C@]2(C)[C@@H](C)CC[C@H]3O[C@]32CCC(=O)[C@H]1OC(=O)O. The van der Waals surface area contributed by atoms with Crippen LogP contribution in [0.2, 0.25) is 0 Å². The highest BCUT2D eigenvalue weighted by Gasteiger charge is 2.69. The number of epoxide rings is 1. The highest BCUT2D eigenvalue weighted by Crippen LogP contribution is 2.64. The van der Waals surface area contributed by atoms with Gasteiger partial charge in [-0.05, 0) is 37.7 Å². The van der Waals surface area contributed by atoms with Gasteiger partial charge in [0.2, 0.25) is 0 Å². The molecular formula is C16H22O5. The van der Waals surface area contributed by atoms with Gasteiger partial charge in [-0.1, -0.05) is 19.9 Å². The zero-order chi connectivity index (χ0) is 15.4. The molecule has 5 atom stereocenters. The van der Waals surface area contributed by atoms with Gasteiger partial charge in [0.1, 0.15) is 5.60 Å². The van der Waals surface area contributed by atoms with Gasteiger partial charge >= 0.3 is 6.16 Å². The van der Waals surface area contributed by atoms with Crippen molar-refractivity contribution in [1.82, 2.24) is 0 Å². The maximum Gasteiger partial charge on any atom is 0.506 e. The summed E-state index contributed by atoms with van der Waals surface area (Å²) in [7, 11) is 0. The van der Waals surface area contributed by atoms with E-state index in [1.807, 2.05) is 6.08 Å². The summed E-state index contributed by atoms with van der Waals surface area (Å²) in [6, 6.07) is 0. The molecule has 1 saturated carbocycles. The highest BCUT2D eigenvalue weighted by molar-refractivity contribution is 5.88. The first-order valence-corrected chi connectivity index (χ1v) is 7.59. The summed E-state index contributed by atoms with van der Waals surface area (Å²) in [4.78, 5) is 23.1. The molecule has 5 heteroatoms. The highest BCUT2D eigenvalue weighted by atomic mass is 16.7. The lowest BCUT2D eigenvalue weighted by Crippen LogP contribution is -2.47. The van der Waals surface area contributed by atoms with E-state index in [0.29, 0.717) is 24.3 Å². The number of ketones is 1. The van der Waals surface area contributed by atoms with Crippen LogP contribution in [0.1, 0.15) is 46.5 Å². The van der Waals surface area contributed by atoms with E-state index < -0.39 is 12.3 Å². The molecule has 1 saturated heterocycles. The van der Waals surface area contributed by atoms with E-state index in [0.717, 1.165) is 12.8 Å². The Labute approximate surface area is 124 Å². The van der Waals surface area contributed by atoms with E-state index in [-0.39, 0.29) is 22.9 Å². The van der Waals surface area contributed by atoms with E-state index >= 15 is 0 Å². The zero-order valence-electron chi connectivity index (χ0n) is 12.7. The Balaban J connectivity index is 2.00. The van der Waals surface area contributed by atoms with Crippen molar-refractivity contribution in [1.29, 1.82) is 0 Å². The number of carboxylic acid groups (broad SMARTS) is 1. The summed E-state index contributed by atoms with van der Waals surface area (Å²) in [5, 5.41) is 8.84. The molecule has 3 aliphatic rings. The second-order valence-electron chi connectivity index (χ2n) is 6.88. The molecule has 1 N–H and O–H groups in total. The van der Waals surface area contributed by atoms with Crippen LogP contribution in [0.15, 0.2) is 11.6 Å². The van der Waals surface area contributed by atoms with Crippen LogP contribution in [0.25, 0.3) is 0 Å². The molecule has 116 valence electrons. The number of carbonyl (C=O) groups is 2. The molecule has 2 fully saturated rings. The van der Waals surface area contributed by atoms with E-state index in [4.69, 9.17) is 14.6 Å². The first-order chi connectivity index (χ1) is 9.80. The largest absolute Gasteiger partial charge is 0.506 e. The Kier molecular flexibility index (Phi) is 3.17. The summed E-state index contributed by atoms with van der Waals surface area (Å²) in [5.74, 6) is 0.264. The minimum atomic E-state index is -1.40. The average Bonchev–Trinajstić information content (AvgIpc) is 3.13. The predicted octanol–water partition coefficient (Wildman–Crippen LogP) is 2.93. The molecule has 3 rings (SSSR count). The Hall–Kier alpha value is -1.36. The normalized spacial score (nSPS) is 48.0. The van der Waals surface area contributed by atoms with Crippen molar-refractivity contribution in [3.63, 3.8) is 0 Å². The standard InChI is InChI=1S/C16H22O5/c1-9-8-15(3)10(2)4-5-12-16(15,21-12)7-6-11(17)13(9)20-14(18)19/h8,10,12-13H,4-7H2,1-3H3,(H,18,19)/b9-8-/t10-,12+,13-,15+,16+/m0/s1. The minimum absolute atomic E-state index is 0.166.